The average molecular weight is 289 g/mol. The molecule has 0 aromatic heterocycles. The highest BCUT2D eigenvalue weighted by Crippen LogP contribution is 2.08. The van der Waals surface area contributed by atoms with Gasteiger partial charge in [-0.05, 0) is 26.7 Å². The van der Waals surface area contributed by atoms with Gasteiger partial charge in [0.1, 0.15) is 11.6 Å². The van der Waals surface area contributed by atoms with Crippen molar-refractivity contribution in [2.45, 2.75) is 52.7 Å². The molecule has 0 radical (unpaired) electrons. The van der Waals surface area contributed by atoms with Crippen LogP contribution in [0.25, 0.3) is 0 Å². The van der Waals surface area contributed by atoms with E-state index in [1.54, 1.807) is 20.8 Å². The van der Waals surface area contributed by atoms with Gasteiger partial charge in [0.25, 0.3) is 0 Å². The summed E-state index contributed by atoms with van der Waals surface area (Å²) in [6.45, 7) is 8.84. The molecular weight excluding hydrogens is 266 g/mol. The van der Waals surface area contributed by atoms with Crippen LogP contribution in [0.4, 0.5) is 4.79 Å². The third-order valence-corrected chi connectivity index (χ3v) is 1.91. The van der Waals surface area contributed by atoms with E-state index in [2.05, 4.69) is 5.32 Å². The first kappa shape index (κ1) is 18.2. The highest BCUT2D eigenvalue weighted by atomic mass is 16.6. The average Bonchev–Trinajstić information content (AvgIpc) is 2.21. The molecule has 0 bridgehead atoms. The van der Waals surface area contributed by atoms with E-state index in [1.807, 2.05) is 13.8 Å². The van der Waals surface area contributed by atoms with Crippen molar-refractivity contribution in [3.8, 4) is 0 Å². The molecule has 0 aliphatic heterocycles. The van der Waals surface area contributed by atoms with Crippen LogP contribution in [-0.4, -0.2) is 41.4 Å². The Kier molecular flexibility index (Phi) is 7.02. The molecule has 0 rings (SSSR count). The summed E-state index contributed by atoms with van der Waals surface area (Å²) < 4.78 is 9.90. The summed E-state index contributed by atoms with van der Waals surface area (Å²) in [5.41, 5.74) is -0.736. The molecule has 1 atom stereocenters. The molecule has 7 nitrogen and oxygen atoms in total. The van der Waals surface area contributed by atoms with Gasteiger partial charge in [-0.2, -0.15) is 0 Å². The van der Waals surface area contributed by atoms with E-state index in [9.17, 15) is 14.4 Å². The molecular formula is C13H23NO6. The van der Waals surface area contributed by atoms with Crippen molar-refractivity contribution in [3.63, 3.8) is 0 Å². The van der Waals surface area contributed by atoms with Gasteiger partial charge < -0.3 is 19.9 Å². The molecule has 0 aromatic rings. The maximum absolute atomic E-state index is 11.7. The number of esters is 1. The van der Waals surface area contributed by atoms with E-state index in [-0.39, 0.29) is 12.5 Å². The van der Waals surface area contributed by atoms with Crippen molar-refractivity contribution in [2.75, 3.05) is 6.61 Å². The van der Waals surface area contributed by atoms with Crippen LogP contribution in [0.1, 0.15) is 41.0 Å². The van der Waals surface area contributed by atoms with Gasteiger partial charge >= 0.3 is 18.0 Å². The number of carbonyl (C=O) groups is 3. The first-order valence-electron chi connectivity index (χ1n) is 6.39. The van der Waals surface area contributed by atoms with Crippen molar-refractivity contribution in [1.82, 2.24) is 5.32 Å². The lowest BCUT2D eigenvalue weighted by atomic mass is 10.2. The lowest BCUT2D eigenvalue weighted by molar-refractivity contribution is -0.151. The van der Waals surface area contributed by atoms with E-state index in [0.29, 0.717) is 0 Å². The van der Waals surface area contributed by atoms with Crippen LogP contribution in [0.3, 0.4) is 0 Å². The highest BCUT2D eigenvalue weighted by Gasteiger charge is 2.27. The number of nitrogens with one attached hydrogen (secondary N) is 1. The molecule has 0 aromatic carbocycles. The van der Waals surface area contributed by atoms with Crippen LogP contribution >= 0.6 is 0 Å². The first-order chi connectivity index (χ1) is 9.01. The molecule has 0 spiro atoms. The molecule has 0 aliphatic rings. The maximum Gasteiger partial charge on any atom is 0.408 e. The summed E-state index contributed by atoms with van der Waals surface area (Å²) in [5, 5.41) is 11.0. The Morgan fingerprint density at radius 2 is 1.75 bits per heavy atom. The zero-order valence-corrected chi connectivity index (χ0v) is 12.6. The second-order valence-corrected chi connectivity index (χ2v) is 5.82. The number of hydrogen-bond donors (Lipinski definition) is 2. The monoisotopic (exact) mass is 289 g/mol. The zero-order valence-electron chi connectivity index (χ0n) is 12.6. The summed E-state index contributed by atoms with van der Waals surface area (Å²) in [5.74, 6) is -1.88. The minimum atomic E-state index is -1.26. The second-order valence-electron chi connectivity index (χ2n) is 5.82. The first-order valence-corrected chi connectivity index (χ1v) is 6.39. The van der Waals surface area contributed by atoms with Crippen LogP contribution in [0.2, 0.25) is 0 Å². The van der Waals surface area contributed by atoms with E-state index in [0.717, 1.165) is 0 Å². The lowest BCUT2D eigenvalue weighted by Crippen LogP contribution is -2.45. The van der Waals surface area contributed by atoms with Gasteiger partial charge in [-0.15, -0.1) is 0 Å². The standard InChI is InChI=1S/C13H23NO6/c1-8(2)7-19-11(17)9(6-10(15)16)14-12(18)20-13(3,4)5/h8-9H,6-7H2,1-5H3,(H,14,18)(H,15,16). The minimum Gasteiger partial charge on any atom is -0.481 e. The number of carboxylic acid groups (broad SMARTS) is 1. The molecule has 0 aliphatic carbocycles. The number of carbonyl (C=O) groups excluding carboxylic acids is 2. The Labute approximate surface area is 118 Å². The SMILES string of the molecule is CC(C)COC(=O)C(CC(=O)O)NC(=O)OC(C)(C)C. The van der Waals surface area contributed by atoms with Gasteiger partial charge in [0.2, 0.25) is 0 Å². The van der Waals surface area contributed by atoms with Crippen LogP contribution in [0.5, 0.6) is 0 Å². The van der Waals surface area contributed by atoms with Crippen LogP contribution in [0, 0.1) is 5.92 Å². The van der Waals surface area contributed by atoms with Crippen molar-refractivity contribution < 1.29 is 29.0 Å². The molecule has 0 saturated carbocycles. The molecule has 20 heavy (non-hydrogen) atoms. The fraction of sp³-hybridized carbons (Fsp3) is 0.769. The van der Waals surface area contributed by atoms with E-state index < -0.39 is 36.1 Å². The molecule has 0 saturated heterocycles. The Morgan fingerprint density at radius 3 is 2.15 bits per heavy atom. The summed E-state index contributed by atoms with van der Waals surface area (Å²) in [7, 11) is 0. The van der Waals surface area contributed by atoms with Gasteiger partial charge in [0, 0.05) is 0 Å². The maximum atomic E-state index is 11.7. The Balaban J connectivity index is 4.59. The molecule has 2 N–H and O–H groups in total. The van der Waals surface area contributed by atoms with Gasteiger partial charge in [0.05, 0.1) is 13.0 Å². The van der Waals surface area contributed by atoms with E-state index in [4.69, 9.17) is 14.6 Å². The predicted octanol–water partition coefficient (Wildman–Crippen LogP) is 1.55. The van der Waals surface area contributed by atoms with E-state index >= 15 is 0 Å². The number of alkyl carbamates (subject to hydrolysis) is 1. The molecule has 0 fully saturated rings. The predicted molar refractivity (Wildman–Crippen MR) is 71.2 cm³/mol. The molecule has 0 heterocycles. The Bertz CT molecular complexity index is 358. The third-order valence-electron chi connectivity index (χ3n) is 1.91. The zero-order chi connectivity index (χ0) is 15.9. The highest BCUT2D eigenvalue weighted by molar-refractivity contribution is 5.85. The number of amides is 1. The summed E-state index contributed by atoms with van der Waals surface area (Å²) in [6, 6.07) is -1.26. The number of rotatable bonds is 6. The fourth-order valence-electron chi connectivity index (χ4n) is 1.17. The smallest absolute Gasteiger partial charge is 0.408 e. The molecule has 116 valence electrons. The van der Waals surface area contributed by atoms with Gasteiger partial charge in [-0.3, -0.25) is 4.79 Å². The van der Waals surface area contributed by atoms with Crippen LogP contribution in [0.15, 0.2) is 0 Å². The van der Waals surface area contributed by atoms with Crippen molar-refractivity contribution in [1.29, 1.82) is 0 Å². The molecule has 1 amide bonds. The van der Waals surface area contributed by atoms with Crippen molar-refractivity contribution in [3.05, 3.63) is 0 Å². The van der Waals surface area contributed by atoms with Crippen LogP contribution in [-0.2, 0) is 19.1 Å². The van der Waals surface area contributed by atoms with E-state index in [1.165, 1.54) is 0 Å². The number of carboxylic acids is 1. The fourth-order valence-corrected chi connectivity index (χ4v) is 1.17. The number of hydrogen-bond acceptors (Lipinski definition) is 5. The van der Waals surface area contributed by atoms with Crippen molar-refractivity contribution >= 4 is 18.0 Å². The van der Waals surface area contributed by atoms with Crippen LogP contribution < -0.4 is 5.32 Å². The normalized spacial score (nSPS) is 12.7. The second kappa shape index (κ2) is 7.72. The minimum absolute atomic E-state index is 0.117. The molecule has 7 heteroatoms. The summed E-state index contributed by atoms with van der Waals surface area (Å²) >= 11 is 0. The van der Waals surface area contributed by atoms with Crippen molar-refractivity contribution in [2.24, 2.45) is 5.92 Å². The van der Waals surface area contributed by atoms with Gasteiger partial charge in [0.15, 0.2) is 0 Å². The van der Waals surface area contributed by atoms with Gasteiger partial charge in [-0.25, -0.2) is 9.59 Å². The number of aliphatic carboxylic acids is 1. The Morgan fingerprint density at radius 1 is 1.20 bits per heavy atom. The summed E-state index contributed by atoms with van der Waals surface area (Å²) in [4.78, 5) is 34.0. The third kappa shape index (κ3) is 9.18. The number of ether oxygens (including phenoxy) is 2. The topological polar surface area (TPSA) is 102 Å². The summed E-state index contributed by atoms with van der Waals surface area (Å²) in [6.07, 6.45) is -1.42. The van der Waals surface area contributed by atoms with Gasteiger partial charge in [-0.1, -0.05) is 13.8 Å². The largest absolute Gasteiger partial charge is 0.481 e. The molecule has 1 unspecified atom stereocenters. The Hall–Kier alpha value is -1.79. The lowest BCUT2D eigenvalue weighted by Gasteiger charge is -2.22. The quantitative estimate of drug-likeness (QED) is 0.719.